The predicted molar refractivity (Wildman–Crippen MR) is 108 cm³/mol. The highest BCUT2D eigenvalue weighted by Gasteiger charge is 2.31. The summed E-state index contributed by atoms with van der Waals surface area (Å²) in [7, 11) is 6.49. The van der Waals surface area contributed by atoms with Gasteiger partial charge in [-0.15, -0.1) is 0 Å². The molecule has 152 valence electrons. The highest BCUT2D eigenvalue weighted by Crippen LogP contribution is 2.44. The predicted octanol–water partition coefficient (Wildman–Crippen LogP) is 3.46. The van der Waals surface area contributed by atoms with Crippen LogP contribution in [0.25, 0.3) is 0 Å². The Morgan fingerprint density at radius 1 is 0.897 bits per heavy atom. The van der Waals surface area contributed by atoms with Gasteiger partial charge in [-0.1, -0.05) is 12.1 Å². The van der Waals surface area contributed by atoms with E-state index in [1.807, 2.05) is 28.9 Å². The van der Waals surface area contributed by atoms with Crippen LogP contribution < -0.4 is 24.3 Å². The van der Waals surface area contributed by atoms with Gasteiger partial charge >= 0.3 is 0 Å². The van der Waals surface area contributed by atoms with Gasteiger partial charge in [-0.05, 0) is 41.8 Å². The molecule has 0 fully saturated rings. The minimum absolute atomic E-state index is 0.0467. The number of benzene rings is 2. The monoisotopic (exact) mass is 396 g/mol. The molecule has 8 nitrogen and oxygen atoms in total. The summed E-state index contributed by atoms with van der Waals surface area (Å²) in [6, 6.07) is 12.0. The number of ether oxygens (including phenoxy) is 4. The van der Waals surface area contributed by atoms with Crippen molar-refractivity contribution in [2.24, 2.45) is 0 Å². The van der Waals surface area contributed by atoms with Crippen molar-refractivity contribution in [1.82, 2.24) is 14.8 Å². The number of aromatic nitrogens is 3. The van der Waals surface area contributed by atoms with Gasteiger partial charge in [-0.25, -0.2) is 4.68 Å². The van der Waals surface area contributed by atoms with E-state index in [1.165, 1.54) is 0 Å². The van der Waals surface area contributed by atoms with E-state index in [-0.39, 0.29) is 12.1 Å². The molecule has 0 spiro atoms. The molecule has 4 rings (SSSR count). The van der Waals surface area contributed by atoms with E-state index in [0.717, 1.165) is 29.2 Å². The molecule has 0 bridgehead atoms. The van der Waals surface area contributed by atoms with Gasteiger partial charge in [0, 0.05) is 0 Å². The molecule has 8 heteroatoms. The van der Waals surface area contributed by atoms with Crippen molar-refractivity contribution in [2.75, 3.05) is 33.8 Å². The minimum Gasteiger partial charge on any atom is -0.497 e. The van der Waals surface area contributed by atoms with Crippen LogP contribution in [0.1, 0.15) is 29.6 Å². The van der Waals surface area contributed by atoms with E-state index < -0.39 is 0 Å². The molecule has 0 amide bonds. The molecule has 2 atom stereocenters. The summed E-state index contributed by atoms with van der Waals surface area (Å²) in [6.45, 7) is 0. The fourth-order valence-electron chi connectivity index (χ4n) is 3.75. The number of anilines is 1. The van der Waals surface area contributed by atoms with Crippen molar-refractivity contribution < 1.29 is 18.9 Å². The van der Waals surface area contributed by atoms with Gasteiger partial charge in [-0.2, -0.15) is 10.1 Å². The lowest BCUT2D eigenvalue weighted by Gasteiger charge is -2.32. The van der Waals surface area contributed by atoms with E-state index in [4.69, 9.17) is 18.9 Å². The van der Waals surface area contributed by atoms with Gasteiger partial charge in [-0.3, -0.25) is 0 Å². The third-order valence-corrected chi connectivity index (χ3v) is 5.22. The summed E-state index contributed by atoms with van der Waals surface area (Å²) in [5.41, 5.74) is 2.16. The Hall–Kier alpha value is -3.42. The third-order valence-electron chi connectivity index (χ3n) is 5.22. The Morgan fingerprint density at radius 3 is 2.17 bits per heavy atom. The standard InChI is InChI=1S/C21H24N4O4/c1-26-15-7-5-13(6-8-15)16-11-17(25-21(24-16)22-12-23-25)14-9-18(27-2)20(29-4)19(10-14)28-3/h5-10,12,16-17H,11H2,1-4H3,(H,22,23,24)/t16-,17+/m0/s1. The Bertz CT molecular complexity index is 962. The molecule has 2 aromatic carbocycles. The van der Waals surface area contributed by atoms with Gasteiger partial charge in [0.2, 0.25) is 11.7 Å². The van der Waals surface area contributed by atoms with Crippen molar-refractivity contribution in [2.45, 2.75) is 18.5 Å². The van der Waals surface area contributed by atoms with Gasteiger partial charge in [0.05, 0.1) is 40.5 Å². The SMILES string of the molecule is COc1ccc([C@@H]2C[C@H](c3cc(OC)c(OC)c(OC)c3)n3ncnc3N2)cc1. The molecule has 0 saturated heterocycles. The zero-order valence-corrected chi connectivity index (χ0v) is 16.9. The molecule has 1 aliphatic rings. The lowest BCUT2D eigenvalue weighted by molar-refractivity contribution is 0.322. The van der Waals surface area contributed by atoms with Crippen molar-refractivity contribution in [3.8, 4) is 23.0 Å². The van der Waals surface area contributed by atoms with Crippen LogP contribution >= 0.6 is 0 Å². The topological polar surface area (TPSA) is 79.7 Å². The average Bonchev–Trinajstić information content (AvgIpc) is 3.26. The summed E-state index contributed by atoms with van der Waals surface area (Å²) in [5.74, 6) is 3.34. The number of fused-ring (bicyclic) bond motifs is 1. The first kappa shape index (κ1) is 18.9. The lowest BCUT2D eigenvalue weighted by Crippen LogP contribution is -2.28. The highest BCUT2D eigenvalue weighted by molar-refractivity contribution is 5.55. The molecule has 0 saturated carbocycles. The van der Waals surface area contributed by atoms with Crippen molar-refractivity contribution in [3.05, 3.63) is 53.9 Å². The molecule has 29 heavy (non-hydrogen) atoms. The Morgan fingerprint density at radius 2 is 1.59 bits per heavy atom. The molecular weight excluding hydrogens is 372 g/mol. The van der Waals surface area contributed by atoms with Crippen LogP contribution in [0.4, 0.5) is 5.95 Å². The van der Waals surface area contributed by atoms with E-state index in [9.17, 15) is 0 Å². The van der Waals surface area contributed by atoms with Gasteiger partial charge in [0.15, 0.2) is 11.5 Å². The normalized spacial score (nSPS) is 17.8. The van der Waals surface area contributed by atoms with Crippen molar-refractivity contribution >= 4 is 5.95 Å². The molecule has 0 unspecified atom stereocenters. The second-order valence-electron chi connectivity index (χ2n) is 6.71. The third kappa shape index (κ3) is 3.41. The van der Waals surface area contributed by atoms with Crippen LogP contribution in [-0.4, -0.2) is 43.2 Å². The summed E-state index contributed by atoms with van der Waals surface area (Å²) >= 11 is 0. The van der Waals surface area contributed by atoms with Gasteiger partial charge in [0.1, 0.15) is 12.1 Å². The summed E-state index contributed by atoms with van der Waals surface area (Å²) < 4.78 is 23.7. The van der Waals surface area contributed by atoms with Crippen molar-refractivity contribution in [3.63, 3.8) is 0 Å². The number of hydrogen-bond acceptors (Lipinski definition) is 7. The second kappa shape index (κ2) is 7.90. The summed E-state index contributed by atoms with van der Waals surface area (Å²) in [4.78, 5) is 4.39. The van der Waals surface area contributed by atoms with Gasteiger partial charge < -0.3 is 24.3 Å². The first-order valence-corrected chi connectivity index (χ1v) is 9.28. The Kier molecular flexibility index (Phi) is 5.16. The number of methoxy groups -OCH3 is 4. The van der Waals surface area contributed by atoms with Crippen LogP contribution in [0.2, 0.25) is 0 Å². The Labute approximate surface area is 169 Å². The quantitative estimate of drug-likeness (QED) is 0.683. The molecule has 1 aliphatic heterocycles. The van der Waals surface area contributed by atoms with Crippen LogP contribution in [0.3, 0.4) is 0 Å². The fourth-order valence-corrected chi connectivity index (χ4v) is 3.75. The fraction of sp³-hybridized carbons (Fsp3) is 0.333. The van der Waals surface area contributed by atoms with Crippen LogP contribution in [-0.2, 0) is 0 Å². The zero-order valence-electron chi connectivity index (χ0n) is 16.9. The first-order valence-electron chi connectivity index (χ1n) is 9.28. The maximum absolute atomic E-state index is 5.54. The number of nitrogens with zero attached hydrogens (tertiary/aromatic N) is 3. The van der Waals surface area contributed by atoms with E-state index in [2.05, 4.69) is 27.5 Å². The smallest absolute Gasteiger partial charge is 0.222 e. The van der Waals surface area contributed by atoms with E-state index in [1.54, 1.807) is 34.8 Å². The number of hydrogen-bond donors (Lipinski definition) is 1. The van der Waals surface area contributed by atoms with Crippen LogP contribution in [0.5, 0.6) is 23.0 Å². The highest BCUT2D eigenvalue weighted by atomic mass is 16.5. The number of rotatable bonds is 6. The lowest BCUT2D eigenvalue weighted by atomic mass is 9.93. The molecule has 3 aromatic rings. The van der Waals surface area contributed by atoms with Crippen molar-refractivity contribution in [1.29, 1.82) is 0 Å². The largest absolute Gasteiger partial charge is 0.497 e. The molecule has 0 aliphatic carbocycles. The summed E-state index contributed by atoms with van der Waals surface area (Å²) in [6.07, 6.45) is 2.34. The molecule has 1 aromatic heterocycles. The summed E-state index contributed by atoms with van der Waals surface area (Å²) in [5, 5.41) is 7.91. The van der Waals surface area contributed by atoms with Gasteiger partial charge in [0.25, 0.3) is 0 Å². The molecule has 2 heterocycles. The number of nitrogens with one attached hydrogen (secondary N) is 1. The van der Waals surface area contributed by atoms with E-state index in [0.29, 0.717) is 17.2 Å². The second-order valence-corrected chi connectivity index (χ2v) is 6.71. The minimum atomic E-state index is -0.0467. The molecular formula is C21H24N4O4. The average molecular weight is 396 g/mol. The van der Waals surface area contributed by atoms with Crippen LogP contribution in [0, 0.1) is 0 Å². The molecule has 0 radical (unpaired) electrons. The maximum Gasteiger partial charge on any atom is 0.222 e. The maximum atomic E-state index is 5.54. The zero-order chi connectivity index (χ0) is 20.4. The first-order chi connectivity index (χ1) is 14.2. The van der Waals surface area contributed by atoms with E-state index >= 15 is 0 Å². The Balaban J connectivity index is 1.75. The van der Waals surface area contributed by atoms with Crippen LogP contribution in [0.15, 0.2) is 42.7 Å². The molecule has 1 N–H and O–H groups in total.